The highest BCUT2D eigenvalue weighted by molar-refractivity contribution is 7.92. The molecule has 128 valence electrons. The van der Waals surface area contributed by atoms with Gasteiger partial charge in [-0.2, -0.15) is 0 Å². The largest absolute Gasteiger partial charge is 0.338 e. The minimum absolute atomic E-state index is 0.108. The lowest BCUT2D eigenvalue weighted by Gasteiger charge is -2.36. The third-order valence-corrected chi connectivity index (χ3v) is 5.53. The summed E-state index contributed by atoms with van der Waals surface area (Å²) in [5.41, 5.74) is 1.51. The Balaban J connectivity index is 2.23. The zero-order chi connectivity index (χ0) is 17.0. The number of piperidine rings is 1. The molecule has 6 heteroatoms. The molecule has 1 aliphatic rings. The van der Waals surface area contributed by atoms with Crippen LogP contribution >= 0.6 is 0 Å². The number of carbonyl (C=O) groups is 1. The summed E-state index contributed by atoms with van der Waals surface area (Å²) in [5.74, 6) is -0.108. The van der Waals surface area contributed by atoms with E-state index in [-0.39, 0.29) is 18.5 Å². The zero-order valence-corrected chi connectivity index (χ0v) is 15.0. The first-order valence-electron chi connectivity index (χ1n) is 8.16. The molecule has 5 nitrogen and oxygen atoms in total. The lowest BCUT2D eigenvalue weighted by molar-refractivity contribution is -0.133. The standard InChI is InChI=1S/C17H26N2O3S/c1-4-15-9-5-6-11-18(15)17(20)13-19(23(3,21)22)16-10-7-8-14(2)12-16/h7-8,10,12,15H,4-6,9,11,13H2,1-3H3. The van der Waals surface area contributed by atoms with Crippen LogP contribution in [0.4, 0.5) is 5.69 Å². The van der Waals surface area contributed by atoms with E-state index in [1.165, 1.54) is 4.31 Å². The van der Waals surface area contributed by atoms with E-state index < -0.39 is 10.0 Å². The van der Waals surface area contributed by atoms with Gasteiger partial charge in [-0.05, 0) is 50.3 Å². The fourth-order valence-electron chi connectivity index (χ4n) is 3.15. The molecule has 0 spiro atoms. The Hall–Kier alpha value is -1.56. The van der Waals surface area contributed by atoms with E-state index in [4.69, 9.17) is 0 Å². The minimum atomic E-state index is -3.51. The number of sulfonamides is 1. The topological polar surface area (TPSA) is 57.7 Å². The first-order chi connectivity index (χ1) is 10.8. The summed E-state index contributed by atoms with van der Waals surface area (Å²) in [4.78, 5) is 14.6. The summed E-state index contributed by atoms with van der Waals surface area (Å²) in [7, 11) is -3.51. The fraction of sp³-hybridized carbons (Fsp3) is 0.588. The molecule has 1 heterocycles. The third-order valence-electron chi connectivity index (χ3n) is 4.39. The Morgan fingerprint density at radius 3 is 2.70 bits per heavy atom. The van der Waals surface area contributed by atoms with Crippen molar-refractivity contribution < 1.29 is 13.2 Å². The van der Waals surface area contributed by atoms with Gasteiger partial charge < -0.3 is 4.90 Å². The summed E-state index contributed by atoms with van der Waals surface area (Å²) in [6.45, 7) is 4.58. The van der Waals surface area contributed by atoms with Crippen LogP contribution in [0.1, 0.15) is 38.2 Å². The predicted molar refractivity (Wildman–Crippen MR) is 93.0 cm³/mol. The number of anilines is 1. The molecule has 0 N–H and O–H groups in total. The normalized spacial score (nSPS) is 18.7. The van der Waals surface area contributed by atoms with Crippen molar-refractivity contribution in [3.05, 3.63) is 29.8 Å². The van der Waals surface area contributed by atoms with Gasteiger partial charge in [0.15, 0.2) is 0 Å². The van der Waals surface area contributed by atoms with E-state index in [2.05, 4.69) is 6.92 Å². The molecule has 23 heavy (non-hydrogen) atoms. The highest BCUT2D eigenvalue weighted by Crippen LogP contribution is 2.22. The molecule has 2 rings (SSSR count). The number of rotatable bonds is 5. The number of hydrogen-bond acceptors (Lipinski definition) is 3. The molecule has 1 aromatic carbocycles. The Morgan fingerprint density at radius 1 is 1.35 bits per heavy atom. The van der Waals surface area contributed by atoms with E-state index in [1.807, 2.05) is 24.0 Å². The molecule has 0 aromatic heterocycles. The summed E-state index contributed by atoms with van der Waals surface area (Å²) < 4.78 is 25.5. The van der Waals surface area contributed by atoms with E-state index in [0.717, 1.165) is 44.0 Å². The molecule has 0 saturated carbocycles. The SMILES string of the molecule is CCC1CCCCN1C(=O)CN(c1cccc(C)c1)S(C)(=O)=O. The Kier molecular flexibility index (Phi) is 5.68. The number of carbonyl (C=O) groups excluding carboxylic acids is 1. The Labute approximate surface area is 139 Å². The average Bonchev–Trinajstić information content (AvgIpc) is 2.51. The number of amides is 1. The second-order valence-corrected chi connectivity index (χ2v) is 8.16. The van der Waals surface area contributed by atoms with Gasteiger partial charge >= 0.3 is 0 Å². The highest BCUT2D eigenvalue weighted by Gasteiger charge is 2.29. The van der Waals surface area contributed by atoms with Gasteiger partial charge in [0.1, 0.15) is 6.54 Å². The van der Waals surface area contributed by atoms with Gasteiger partial charge in [0.05, 0.1) is 11.9 Å². The maximum atomic E-state index is 12.7. The van der Waals surface area contributed by atoms with Crippen molar-refractivity contribution in [1.82, 2.24) is 4.90 Å². The molecule has 1 aliphatic heterocycles. The van der Waals surface area contributed by atoms with Crippen molar-refractivity contribution in [2.75, 3.05) is 23.7 Å². The molecule has 1 atom stereocenters. The van der Waals surface area contributed by atoms with Gasteiger partial charge in [-0.25, -0.2) is 8.42 Å². The van der Waals surface area contributed by atoms with Crippen LogP contribution in [0.5, 0.6) is 0 Å². The molecule has 1 amide bonds. The minimum Gasteiger partial charge on any atom is -0.338 e. The summed E-state index contributed by atoms with van der Waals surface area (Å²) >= 11 is 0. The molecule has 1 saturated heterocycles. The highest BCUT2D eigenvalue weighted by atomic mass is 32.2. The Bertz CT molecular complexity index is 658. The zero-order valence-electron chi connectivity index (χ0n) is 14.2. The van der Waals surface area contributed by atoms with Gasteiger partial charge in [-0.1, -0.05) is 19.1 Å². The third kappa shape index (κ3) is 4.47. The second kappa shape index (κ2) is 7.34. The molecular weight excluding hydrogens is 312 g/mol. The van der Waals surface area contributed by atoms with Crippen molar-refractivity contribution in [3.8, 4) is 0 Å². The molecule has 0 aliphatic carbocycles. The second-order valence-electron chi connectivity index (χ2n) is 6.25. The summed E-state index contributed by atoms with van der Waals surface area (Å²) in [6.07, 6.45) is 5.19. The lowest BCUT2D eigenvalue weighted by Crippen LogP contribution is -2.48. The van der Waals surface area contributed by atoms with Gasteiger partial charge in [-0.3, -0.25) is 9.10 Å². The van der Waals surface area contributed by atoms with Crippen LogP contribution < -0.4 is 4.31 Å². The van der Waals surface area contributed by atoms with Crippen LogP contribution in [0.3, 0.4) is 0 Å². The predicted octanol–water partition coefficient (Wildman–Crippen LogP) is 2.55. The molecule has 1 fully saturated rings. The van der Waals surface area contributed by atoms with Crippen LogP contribution in [0.25, 0.3) is 0 Å². The number of benzene rings is 1. The van der Waals surface area contributed by atoms with Gasteiger partial charge in [0.25, 0.3) is 0 Å². The number of nitrogens with zero attached hydrogens (tertiary/aromatic N) is 2. The van der Waals surface area contributed by atoms with Crippen LogP contribution in [0.15, 0.2) is 24.3 Å². The van der Waals surface area contributed by atoms with E-state index in [0.29, 0.717) is 5.69 Å². The van der Waals surface area contributed by atoms with E-state index in [1.54, 1.807) is 12.1 Å². The Morgan fingerprint density at radius 2 is 2.09 bits per heavy atom. The van der Waals surface area contributed by atoms with Crippen molar-refractivity contribution in [2.45, 2.75) is 45.6 Å². The van der Waals surface area contributed by atoms with Crippen LogP contribution in [-0.4, -0.2) is 44.6 Å². The van der Waals surface area contributed by atoms with Gasteiger partial charge in [-0.15, -0.1) is 0 Å². The first kappa shape index (κ1) is 17.8. The molecule has 0 bridgehead atoms. The van der Waals surface area contributed by atoms with Gasteiger partial charge in [0.2, 0.25) is 15.9 Å². The average molecular weight is 338 g/mol. The maximum absolute atomic E-state index is 12.7. The van der Waals surface area contributed by atoms with E-state index >= 15 is 0 Å². The number of likely N-dealkylation sites (tertiary alicyclic amines) is 1. The lowest BCUT2D eigenvalue weighted by atomic mass is 10.00. The smallest absolute Gasteiger partial charge is 0.243 e. The number of hydrogen-bond donors (Lipinski definition) is 0. The molecule has 1 aromatic rings. The van der Waals surface area contributed by atoms with Gasteiger partial charge in [0, 0.05) is 12.6 Å². The molecule has 1 unspecified atom stereocenters. The van der Waals surface area contributed by atoms with Crippen molar-refractivity contribution in [3.63, 3.8) is 0 Å². The van der Waals surface area contributed by atoms with Crippen molar-refractivity contribution in [1.29, 1.82) is 0 Å². The quantitative estimate of drug-likeness (QED) is 0.829. The van der Waals surface area contributed by atoms with Crippen LogP contribution in [-0.2, 0) is 14.8 Å². The van der Waals surface area contributed by atoms with Crippen LogP contribution in [0, 0.1) is 6.92 Å². The van der Waals surface area contributed by atoms with E-state index in [9.17, 15) is 13.2 Å². The van der Waals surface area contributed by atoms with Crippen molar-refractivity contribution in [2.24, 2.45) is 0 Å². The fourth-order valence-corrected chi connectivity index (χ4v) is 3.99. The number of aryl methyl sites for hydroxylation is 1. The molecule has 0 radical (unpaired) electrons. The maximum Gasteiger partial charge on any atom is 0.243 e. The monoisotopic (exact) mass is 338 g/mol. The molecular formula is C17H26N2O3S. The van der Waals surface area contributed by atoms with Crippen LogP contribution in [0.2, 0.25) is 0 Å². The first-order valence-corrected chi connectivity index (χ1v) is 10.0. The van der Waals surface area contributed by atoms with Crippen molar-refractivity contribution >= 4 is 21.6 Å². The summed E-state index contributed by atoms with van der Waals surface area (Å²) in [6, 6.07) is 7.47. The summed E-state index contributed by atoms with van der Waals surface area (Å²) in [5, 5.41) is 0.